The molecule has 0 saturated carbocycles. The highest BCUT2D eigenvalue weighted by molar-refractivity contribution is 5.91. The minimum absolute atomic E-state index is 0.00835. The molecule has 0 heterocycles. The molecule has 0 aliphatic carbocycles. The predicted octanol–water partition coefficient (Wildman–Crippen LogP) is 2.87. The Morgan fingerprint density at radius 1 is 0.833 bits per heavy atom. The Morgan fingerprint density at radius 2 is 1.33 bits per heavy atom. The molecule has 0 rings (SSSR count). The number of hydrogen-bond donors (Lipinski definition) is 2. The number of amides is 1. The van der Waals surface area contributed by atoms with Crippen LogP contribution in [0.25, 0.3) is 0 Å². The smallest absolute Gasteiger partial charge is 0.220 e. The van der Waals surface area contributed by atoms with Crippen LogP contribution in [0.4, 0.5) is 0 Å². The normalized spacial score (nSPS) is 14.2. The summed E-state index contributed by atoms with van der Waals surface area (Å²) in [6.07, 6.45) is 0.635. The van der Waals surface area contributed by atoms with Gasteiger partial charge in [0.2, 0.25) is 5.91 Å². The minimum atomic E-state index is -0.471. The summed E-state index contributed by atoms with van der Waals surface area (Å²) in [4.78, 5) is 36.5. The summed E-state index contributed by atoms with van der Waals surface area (Å²) in [5, 5.41) is 5.97. The maximum Gasteiger partial charge on any atom is 0.220 e. The molecule has 0 fully saturated rings. The molecule has 140 valence electrons. The fourth-order valence-corrected chi connectivity index (χ4v) is 2.12. The van der Waals surface area contributed by atoms with Crippen LogP contribution in [-0.2, 0) is 14.4 Å². The van der Waals surface area contributed by atoms with Crippen LogP contribution in [0.1, 0.15) is 75.2 Å². The van der Waals surface area contributed by atoms with Crippen LogP contribution >= 0.6 is 0 Å². The van der Waals surface area contributed by atoms with Crippen LogP contribution in [-0.4, -0.2) is 35.6 Å². The molecule has 0 aliphatic heterocycles. The third kappa shape index (κ3) is 9.16. The van der Waals surface area contributed by atoms with E-state index < -0.39 is 10.8 Å². The van der Waals surface area contributed by atoms with Gasteiger partial charge in [-0.15, -0.1) is 0 Å². The lowest BCUT2D eigenvalue weighted by molar-refractivity contribution is -0.130. The van der Waals surface area contributed by atoms with Gasteiger partial charge in [-0.1, -0.05) is 41.5 Å². The van der Waals surface area contributed by atoms with Crippen LogP contribution in [0.5, 0.6) is 0 Å². The third-order valence-corrected chi connectivity index (χ3v) is 3.61. The first-order valence-corrected chi connectivity index (χ1v) is 8.66. The Labute approximate surface area is 147 Å². The molecule has 2 N–H and O–H groups in total. The number of rotatable bonds is 7. The van der Waals surface area contributed by atoms with Crippen LogP contribution in [0, 0.1) is 10.8 Å². The average molecular weight is 341 g/mol. The van der Waals surface area contributed by atoms with Crippen molar-refractivity contribution in [2.24, 2.45) is 10.8 Å². The van der Waals surface area contributed by atoms with Gasteiger partial charge in [0, 0.05) is 22.8 Å². The van der Waals surface area contributed by atoms with Gasteiger partial charge in [-0.25, -0.2) is 0 Å². The van der Waals surface area contributed by atoms with E-state index in [0.717, 1.165) is 0 Å². The zero-order chi connectivity index (χ0) is 19.3. The molecule has 1 amide bonds. The van der Waals surface area contributed by atoms with E-state index in [-0.39, 0.29) is 42.0 Å². The molecular formula is C19H36N2O3. The summed E-state index contributed by atoms with van der Waals surface area (Å²) in [5.74, 6) is -0.114. The molecule has 5 heteroatoms. The fraction of sp³-hybridized carbons (Fsp3) is 0.842. The van der Waals surface area contributed by atoms with E-state index in [4.69, 9.17) is 0 Å². The van der Waals surface area contributed by atoms with Crippen LogP contribution < -0.4 is 10.6 Å². The van der Waals surface area contributed by atoms with Gasteiger partial charge in [0.05, 0.1) is 12.6 Å². The molecule has 0 aromatic rings. The monoisotopic (exact) mass is 340 g/mol. The molecule has 0 saturated heterocycles. The van der Waals surface area contributed by atoms with Crippen LogP contribution in [0.15, 0.2) is 0 Å². The largest absolute Gasteiger partial charge is 0.349 e. The predicted molar refractivity (Wildman–Crippen MR) is 97.8 cm³/mol. The molecule has 5 nitrogen and oxygen atoms in total. The molecule has 1 unspecified atom stereocenters. The lowest BCUT2D eigenvalue weighted by atomic mass is 9.84. The Morgan fingerprint density at radius 3 is 1.71 bits per heavy atom. The Bertz CT molecular complexity index is 462. The Balaban J connectivity index is 4.69. The lowest BCUT2D eigenvalue weighted by Gasteiger charge is -2.31. The summed E-state index contributed by atoms with van der Waals surface area (Å²) in [5.41, 5.74) is -1.16. The highest BCUT2D eigenvalue weighted by Gasteiger charge is 2.32. The topological polar surface area (TPSA) is 75.3 Å². The number of nitrogens with one attached hydrogen (secondary N) is 2. The van der Waals surface area contributed by atoms with E-state index in [1.165, 1.54) is 0 Å². The molecule has 0 aliphatic rings. The highest BCUT2D eigenvalue weighted by Crippen LogP contribution is 2.20. The molecular weight excluding hydrogens is 304 g/mol. The molecule has 0 aromatic heterocycles. The first kappa shape index (κ1) is 22.8. The van der Waals surface area contributed by atoms with E-state index in [1.54, 1.807) is 0 Å². The van der Waals surface area contributed by atoms with Crippen molar-refractivity contribution >= 4 is 17.5 Å². The fourth-order valence-electron chi connectivity index (χ4n) is 2.12. The van der Waals surface area contributed by atoms with E-state index in [9.17, 15) is 14.4 Å². The highest BCUT2D eigenvalue weighted by atomic mass is 16.2. The zero-order valence-electron chi connectivity index (χ0n) is 16.9. The lowest BCUT2D eigenvalue weighted by Crippen LogP contribution is -2.51. The van der Waals surface area contributed by atoms with Gasteiger partial charge < -0.3 is 10.6 Å². The first-order chi connectivity index (χ1) is 10.5. The van der Waals surface area contributed by atoms with Gasteiger partial charge in [0.25, 0.3) is 0 Å². The van der Waals surface area contributed by atoms with E-state index in [2.05, 4.69) is 10.6 Å². The summed E-state index contributed by atoms with van der Waals surface area (Å²) in [7, 11) is 0. The summed E-state index contributed by atoms with van der Waals surface area (Å²) < 4.78 is 0. The van der Waals surface area contributed by atoms with Crippen molar-refractivity contribution in [3.05, 3.63) is 0 Å². The van der Waals surface area contributed by atoms with E-state index >= 15 is 0 Å². The molecule has 0 radical (unpaired) electrons. The van der Waals surface area contributed by atoms with Crippen molar-refractivity contribution in [2.75, 3.05) is 6.54 Å². The molecule has 24 heavy (non-hydrogen) atoms. The average Bonchev–Trinajstić information content (AvgIpc) is 2.36. The SMILES string of the molecule is CC(C)(C)NC(CCC(=O)NCC(=O)C(C)(C)C)C(=O)C(C)(C)C. The second-order valence-electron chi connectivity index (χ2n) is 9.55. The van der Waals surface area contributed by atoms with Gasteiger partial charge in [0.1, 0.15) is 0 Å². The van der Waals surface area contributed by atoms with Gasteiger partial charge >= 0.3 is 0 Å². The van der Waals surface area contributed by atoms with Crippen molar-refractivity contribution in [2.45, 2.75) is 86.7 Å². The zero-order valence-corrected chi connectivity index (χ0v) is 16.9. The van der Waals surface area contributed by atoms with Gasteiger partial charge in [-0.3, -0.25) is 14.4 Å². The van der Waals surface area contributed by atoms with Crippen molar-refractivity contribution in [1.82, 2.24) is 10.6 Å². The summed E-state index contributed by atoms with van der Waals surface area (Å²) in [6.45, 7) is 17.2. The first-order valence-electron chi connectivity index (χ1n) is 8.66. The number of Topliss-reactive ketones (excluding diaryl/α,β-unsaturated/α-hetero) is 2. The number of hydrogen-bond acceptors (Lipinski definition) is 4. The maximum atomic E-state index is 12.6. The Hall–Kier alpha value is -1.23. The van der Waals surface area contributed by atoms with Crippen molar-refractivity contribution < 1.29 is 14.4 Å². The summed E-state index contributed by atoms with van der Waals surface area (Å²) >= 11 is 0. The molecule has 0 spiro atoms. The van der Waals surface area contributed by atoms with Crippen LogP contribution in [0.2, 0.25) is 0 Å². The summed E-state index contributed by atoms with van der Waals surface area (Å²) in [6, 6.07) is -0.380. The third-order valence-electron chi connectivity index (χ3n) is 3.61. The Kier molecular flexibility index (Phi) is 7.81. The van der Waals surface area contributed by atoms with Crippen molar-refractivity contribution in [3.63, 3.8) is 0 Å². The molecule has 0 bridgehead atoms. The molecule has 0 aromatic carbocycles. The van der Waals surface area contributed by atoms with Gasteiger partial charge in [-0.2, -0.15) is 0 Å². The van der Waals surface area contributed by atoms with E-state index in [1.807, 2.05) is 62.3 Å². The standard InChI is InChI=1S/C19H36N2O3/c1-17(2,3)14(22)12-20-15(23)11-10-13(21-19(7,8)9)16(24)18(4,5)6/h13,21H,10-12H2,1-9H3,(H,20,23). The number of carbonyl (C=O) groups excluding carboxylic acids is 3. The number of carbonyl (C=O) groups is 3. The van der Waals surface area contributed by atoms with E-state index in [0.29, 0.717) is 6.42 Å². The number of ketones is 2. The second kappa shape index (κ2) is 8.24. The quantitative estimate of drug-likeness (QED) is 0.747. The van der Waals surface area contributed by atoms with Gasteiger partial charge in [-0.05, 0) is 27.2 Å². The maximum absolute atomic E-state index is 12.6. The molecule has 1 atom stereocenters. The van der Waals surface area contributed by atoms with Crippen LogP contribution in [0.3, 0.4) is 0 Å². The minimum Gasteiger partial charge on any atom is -0.349 e. The van der Waals surface area contributed by atoms with Gasteiger partial charge in [0.15, 0.2) is 11.6 Å². The van der Waals surface area contributed by atoms with Crippen molar-refractivity contribution in [1.29, 1.82) is 0 Å². The second-order valence-corrected chi connectivity index (χ2v) is 9.55. The van der Waals surface area contributed by atoms with Crippen molar-refractivity contribution in [3.8, 4) is 0 Å².